The van der Waals surface area contributed by atoms with Crippen molar-refractivity contribution < 1.29 is 35.8 Å². The number of rotatable bonds is 3. The molecule has 12 heteroatoms. The van der Waals surface area contributed by atoms with E-state index in [0.29, 0.717) is 0 Å². The van der Waals surface area contributed by atoms with Crippen LogP contribution in [0.3, 0.4) is 0 Å². The molecule has 3 aromatic rings. The van der Waals surface area contributed by atoms with Crippen molar-refractivity contribution in [2.45, 2.75) is 12.2 Å². The third-order valence-corrected chi connectivity index (χ3v) is 3.67. The Labute approximate surface area is 152 Å². The quantitative estimate of drug-likeness (QED) is 0.664. The number of hydrogen-bond acceptors (Lipinski definition) is 5. The zero-order valence-electron chi connectivity index (χ0n) is 13.5. The average molecular weight is 402 g/mol. The summed E-state index contributed by atoms with van der Waals surface area (Å²) in [6.07, 6.45) is -8.45. The number of ether oxygens (including phenoxy) is 2. The van der Waals surface area contributed by atoms with Crippen molar-refractivity contribution in [1.29, 1.82) is 0 Å². The summed E-state index contributed by atoms with van der Waals surface area (Å²) in [6, 6.07) is 6.34. The zero-order valence-corrected chi connectivity index (χ0v) is 13.5. The number of nitrogens with one attached hydrogen (secondary N) is 1. The van der Waals surface area contributed by atoms with Gasteiger partial charge in [0, 0.05) is 17.8 Å². The number of alkyl halides is 4. The number of nitrogens with zero attached hydrogens (tertiary/aromatic N) is 3. The highest BCUT2D eigenvalue weighted by Gasteiger charge is 2.65. The Morgan fingerprint density at radius 1 is 0.857 bits per heavy atom. The van der Waals surface area contributed by atoms with E-state index in [4.69, 9.17) is 0 Å². The molecular weight excluding hydrogens is 394 g/mol. The van der Waals surface area contributed by atoms with Crippen LogP contribution < -0.4 is 14.8 Å². The van der Waals surface area contributed by atoms with Gasteiger partial charge in [-0.15, -0.1) is 5.10 Å². The van der Waals surface area contributed by atoms with Crippen molar-refractivity contribution in [1.82, 2.24) is 14.8 Å². The van der Waals surface area contributed by atoms with Crippen LogP contribution in [0.25, 0.3) is 5.69 Å². The van der Waals surface area contributed by atoms with Gasteiger partial charge >= 0.3 is 12.2 Å². The fraction of sp³-hybridized carbons (Fsp3) is 0.125. The van der Waals surface area contributed by atoms with Crippen molar-refractivity contribution in [3.8, 4) is 17.2 Å². The summed E-state index contributed by atoms with van der Waals surface area (Å²) < 4.78 is 88.3. The van der Waals surface area contributed by atoms with Crippen LogP contribution >= 0.6 is 0 Å². The van der Waals surface area contributed by atoms with Crippen molar-refractivity contribution in [2.75, 3.05) is 5.32 Å². The molecule has 0 amide bonds. The maximum atomic E-state index is 13.3. The summed E-state index contributed by atoms with van der Waals surface area (Å²) in [6.45, 7) is 0. The third-order valence-electron chi connectivity index (χ3n) is 3.67. The van der Waals surface area contributed by atoms with Crippen molar-refractivity contribution >= 4 is 11.6 Å². The van der Waals surface area contributed by atoms with E-state index in [1.807, 2.05) is 0 Å². The smallest absolute Gasteiger partial charge is 0.421 e. The summed E-state index contributed by atoms with van der Waals surface area (Å²) >= 11 is 0. The number of anilines is 2. The van der Waals surface area contributed by atoms with E-state index in [9.17, 15) is 26.3 Å². The van der Waals surface area contributed by atoms with E-state index in [1.54, 1.807) is 0 Å². The van der Waals surface area contributed by atoms with Gasteiger partial charge in [0.15, 0.2) is 23.1 Å². The van der Waals surface area contributed by atoms with Gasteiger partial charge in [-0.2, -0.15) is 22.5 Å². The minimum atomic E-state index is -4.84. The SMILES string of the molecule is Fc1ccc(-n2cnc(Nc3ccc4c(c3)OC(F)(F)C(F)(F)O4)n2)cc1F. The van der Waals surface area contributed by atoms with Crippen LogP contribution in [0, 0.1) is 11.6 Å². The molecule has 6 nitrogen and oxygen atoms in total. The van der Waals surface area contributed by atoms with Gasteiger partial charge in [0.25, 0.3) is 0 Å². The van der Waals surface area contributed by atoms with Gasteiger partial charge in [-0.05, 0) is 24.3 Å². The Bertz CT molecular complexity index is 1060. The third kappa shape index (κ3) is 3.06. The summed E-state index contributed by atoms with van der Waals surface area (Å²) in [5.74, 6) is -3.31. The Morgan fingerprint density at radius 3 is 2.29 bits per heavy atom. The van der Waals surface area contributed by atoms with Gasteiger partial charge in [-0.3, -0.25) is 0 Å². The summed E-state index contributed by atoms with van der Waals surface area (Å²) in [5.41, 5.74) is 0.315. The maximum Gasteiger partial charge on any atom is 0.507 e. The monoisotopic (exact) mass is 402 g/mol. The van der Waals surface area contributed by atoms with Crippen LogP contribution in [0.1, 0.15) is 0 Å². The molecule has 0 unspecified atom stereocenters. The van der Waals surface area contributed by atoms with Crippen LogP contribution in [-0.2, 0) is 0 Å². The lowest BCUT2D eigenvalue weighted by Gasteiger charge is -2.31. The first-order valence-corrected chi connectivity index (χ1v) is 7.56. The molecule has 146 valence electrons. The molecule has 0 spiro atoms. The first kappa shape index (κ1) is 17.9. The van der Waals surface area contributed by atoms with Gasteiger partial charge in [0.2, 0.25) is 5.95 Å². The molecule has 4 rings (SSSR count). The van der Waals surface area contributed by atoms with E-state index in [0.717, 1.165) is 28.9 Å². The fourth-order valence-corrected chi connectivity index (χ4v) is 2.35. The second-order valence-corrected chi connectivity index (χ2v) is 5.64. The first-order chi connectivity index (χ1) is 13.1. The highest BCUT2D eigenvalue weighted by Crippen LogP contribution is 2.47. The number of benzene rings is 2. The molecule has 1 aliphatic heterocycles. The topological polar surface area (TPSA) is 61.2 Å². The minimum absolute atomic E-state index is 0.0292. The molecule has 0 saturated heterocycles. The Hall–Kier alpha value is -3.44. The fourth-order valence-electron chi connectivity index (χ4n) is 2.35. The lowest BCUT2D eigenvalue weighted by Crippen LogP contribution is -2.52. The van der Waals surface area contributed by atoms with Crippen LogP contribution in [0.5, 0.6) is 11.5 Å². The molecule has 28 heavy (non-hydrogen) atoms. The molecule has 2 aromatic carbocycles. The first-order valence-electron chi connectivity index (χ1n) is 7.56. The predicted molar refractivity (Wildman–Crippen MR) is 82.1 cm³/mol. The van der Waals surface area contributed by atoms with Crippen molar-refractivity contribution in [3.05, 3.63) is 54.4 Å². The van der Waals surface area contributed by atoms with E-state index in [1.165, 1.54) is 18.5 Å². The predicted octanol–water partition coefficient (Wildman–Crippen LogP) is 4.25. The lowest BCUT2D eigenvalue weighted by atomic mass is 10.2. The maximum absolute atomic E-state index is 13.3. The van der Waals surface area contributed by atoms with Gasteiger partial charge in [-0.25, -0.2) is 13.5 Å². The van der Waals surface area contributed by atoms with E-state index >= 15 is 0 Å². The molecule has 0 fully saturated rings. The molecule has 0 saturated carbocycles. The summed E-state index contributed by atoms with van der Waals surface area (Å²) in [4.78, 5) is 3.89. The zero-order chi connectivity index (χ0) is 20.1. The van der Waals surface area contributed by atoms with E-state index < -0.39 is 35.4 Å². The molecule has 1 aromatic heterocycles. The highest BCUT2D eigenvalue weighted by atomic mass is 19.3. The Balaban J connectivity index is 1.56. The normalized spacial score (nSPS) is 16.6. The van der Waals surface area contributed by atoms with Gasteiger partial charge in [0.1, 0.15) is 6.33 Å². The van der Waals surface area contributed by atoms with Gasteiger partial charge in [-0.1, -0.05) is 0 Å². The van der Waals surface area contributed by atoms with Gasteiger partial charge < -0.3 is 14.8 Å². The molecule has 1 aliphatic rings. The number of halogens is 6. The molecular formula is C16H8F6N4O2. The van der Waals surface area contributed by atoms with Crippen LogP contribution in [-0.4, -0.2) is 27.0 Å². The summed E-state index contributed by atoms with van der Waals surface area (Å²) in [7, 11) is 0. The molecule has 0 bridgehead atoms. The molecule has 0 atom stereocenters. The van der Waals surface area contributed by atoms with Crippen LogP contribution in [0.15, 0.2) is 42.7 Å². The Kier molecular flexibility index (Phi) is 3.87. The largest absolute Gasteiger partial charge is 0.507 e. The second-order valence-electron chi connectivity index (χ2n) is 5.64. The number of fused-ring (bicyclic) bond motifs is 1. The number of hydrogen-bond donors (Lipinski definition) is 1. The standard InChI is InChI=1S/C16H8F6N4O2/c17-10-3-2-9(6-11(10)18)26-7-23-14(25-26)24-8-1-4-12-13(5-8)28-16(21,22)15(19,20)27-12/h1-7H,(H,24,25). The van der Waals surface area contributed by atoms with Gasteiger partial charge in [0.05, 0.1) is 5.69 Å². The number of aromatic nitrogens is 3. The summed E-state index contributed by atoms with van der Waals surface area (Å²) in [5, 5.41) is 6.61. The van der Waals surface area contributed by atoms with Crippen LogP contribution in [0.2, 0.25) is 0 Å². The molecule has 1 N–H and O–H groups in total. The average Bonchev–Trinajstić information content (AvgIpc) is 3.06. The molecule has 0 radical (unpaired) electrons. The molecule has 0 aliphatic carbocycles. The minimum Gasteiger partial charge on any atom is -0.421 e. The van der Waals surface area contributed by atoms with E-state index in [2.05, 4.69) is 24.9 Å². The lowest BCUT2D eigenvalue weighted by molar-refractivity contribution is -0.391. The second kappa shape index (κ2) is 6.04. The van der Waals surface area contributed by atoms with Crippen molar-refractivity contribution in [3.63, 3.8) is 0 Å². The van der Waals surface area contributed by atoms with Crippen LogP contribution in [0.4, 0.5) is 38.0 Å². The van der Waals surface area contributed by atoms with Crippen molar-refractivity contribution in [2.24, 2.45) is 0 Å². The Morgan fingerprint density at radius 2 is 1.57 bits per heavy atom. The van der Waals surface area contributed by atoms with E-state index in [-0.39, 0.29) is 17.3 Å². The highest BCUT2D eigenvalue weighted by molar-refractivity contribution is 5.60. The molecule has 2 heterocycles.